The van der Waals surface area contributed by atoms with Crippen molar-refractivity contribution >= 4 is 11.3 Å². The first-order valence-corrected chi connectivity index (χ1v) is 7.18. The fourth-order valence-corrected chi connectivity index (χ4v) is 4.30. The van der Waals surface area contributed by atoms with Gasteiger partial charge in [0.05, 0.1) is 0 Å². The second-order valence-electron chi connectivity index (χ2n) is 5.37. The number of thiophene rings is 1. The minimum absolute atomic E-state index is 0.257. The molecule has 2 nitrogen and oxygen atoms in total. The molecule has 0 aromatic carbocycles. The molecule has 3 N–H and O–H groups in total. The van der Waals surface area contributed by atoms with E-state index in [0.29, 0.717) is 0 Å². The van der Waals surface area contributed by atoms with Gasteiger partial charge in [-0.3, -0.25) is 0 Å². The SMILES string of the molecule is NCC1(NCc2cccs2)CC2CCC1C2. The molecule has 3 unspecified atom stereocenters. The van der Waals surface area contributed by atoms with Gasteiger partial charge in [0, 0.05) is 23.5 Å². The number of nitrogens with two attached hydrogens (primary N) is 1. The van der Waals surface area contributed by atoms with Crippen LogP contribution in [0.1, 0.15) is 30.6 Å². The van der Waals surface area contributed by atoms with Gasteiger partial charge < -0.3 is 11.1 Å². The van der Waals surface area contributed by atoms with Crippen LogP contribution in [-0.2, 0) is 6.54 Å². The molecule has 0 aliphatic heterocycles. The second-order valence-corrected chi connectivity index (χ2v) is 6.41. The van der Waals surface area contributed by atoms with Crippen LogP contribution < -0.4 is 11.1 Å². The van der Waals surface area contributed by atoms with E-state index in [0.717, 1.165) is 24.9 Å². The molecular weight excluding hydrogens is 216 g/mol. The molecule has 0 spiro atoms. The van der Waals surface area contributed by atoms with Crippen LogP contribution in [-0.4, -0.2) is 12.1 Å². The zero-order valence-electron chi connectivity index (χ0n) is 9.61. The lowest BCUT2D eigenvalue weighted by Gasteiger charge is -2.37. The Morgan fingerprint density at radius 2 is 2.44 bits per heavy atom. The maximum absolute atomic E-state index is 6.04. The molecule has 1 heterocycles. The van der Waals surface area contributed by atoms with E-state index in [1.54, 1.807) is 0 Å². The smallest absolute Gasteiger partial charge is 0.0338 e. The molecule has 1 aromatic rings. The van der Waals surface area contributed by atoms with Crippen molar-refractivity contribution < 1.29 is 0 Å². The van der Waals surface area contributed by atoms with Crippen LogP contribution >= 0.6 is 11.3 Å². The van der Waals surface area contributed by atoms with Gasteiger partial charge >= 0.3 is 0 Å². The van der Waals surface area contributed by atoms with Crippen LogP contribution in [0.3, 0.4) is 0 Å². The lowest BCUT2D eigenvalue weighted by atomic mass is 9.81. The first kappa shape index (κ1) is 10.8. The Kier molecular flexibility index (Phi) is 2.78. The zero-order valence-corrected chi connectivity index (χ0v) is 10.4. The van der Waals surface area contributed by atoms with Crippen molar-refractivity contribution in [3.63, 3.8) is 0 Å². The minimum atomic E-state index is 0.257. The highest BCUT2D eigenvalue weighted by Crippen LogP contribution is 2.50. The molecule has 1 aromatic heterocycles. The number of hydrogen-bond donors (Lipinski definition) is 2. The molecule has 2 aliphatic rings. The van der Waals surface area contributed by atoms with Gasteiger partial charge in [-0.05, 0) is 42.5 Å². The molecule has 88 valence electrons. The summed E-state index contributed by atoms with van der Waals surface area (Å²) in [6.07, 6.45) is 5.54. The summed E-state index contributed by atoms with van der Waals surface area (Å²) in [4.78, 5) is 1.43. The monoisotopic (exact) mass is 236 g/mol. The molecule has 0 radical (unpaired) electrons. The van der Waals surface area contributed by atoms with E-state index in [4.69, 9.17) is 5.73 Å². The predicted octanol–water partition coefficient (Wildman–Crippen LogP) is 2.36. The number of rotatable bonds is 4. The Morgan fingerprint density at radius 3 is 3.00 bits per heavy atom. The third-order valence-corrected chi connectivity index (χ3v) is 5.41. The molecule has 3 rings (SSSR count). The van der Waals surface area contributed by atoms with Crippen LogP contribution in [0.5, 0.6) is 0 Å². The summed E-state index contributed by atoms with van der Waals surface area (Å²) in [5, 5.41) is 5.91. The maximum atomic E-state index is 6.04. The molecule has 3 atom stereocenters. The molecule has 2 fully saturated rings. The van der Waals surface area contributed by atoms with E-state index < -0.39 is 0 Å². The van der Waals surface area contributed by atoms with Crippen molar-refractivity contribution in [3.05, 3.63) is 22.4 Å². The molecule has 2 saturated carbocycles. The van der Waals surface area contributed by atoms with Crippen LogP contribution in [0.4, 0.5) is 0 Å². The third-order valence-electron chi connectivity index (χ3n) is 4.53. The highest BCUT2D eigenvalue weighted by atomic mass is 32.1. The standard InChI is InChI=1S/C13H20N2S/c14-9-13(7-10-3-4-11(13)6-10)15-8-12-2-1-5-16-12/h1-2,5,10-11,15H,3-4,6-9,14H2. The fraction of sp³-hybridized carbons (Fsp3) is 0.692. The summed E-state index contributed by atoms with van der Waals surface area (Å²) < 4.78 is 0. The highest BCUT2D eigenvalue weighted by Gasteiger charge is 2.49. The fourth-order valence-electron chi connectivity index (χ4n) is 3.66. The van der Waals surface area contributed by atoms with Crippen molar-refractivity contribution in [3.8, 4) is 0 Å². The van der Waals surface area contributed by atoms with E-state index in [-0.39, 0.29) is 5.54 Å². The Bertz CT molecular complexity index is 349. The van der Waals surface area contributed by atoms with Gasteiger partial charge in [-0.2, -0.15) is 0 Å². The van der Waals surface area contributed by atoms with Gasteiger partial charge in [-0.15, -0.1) is 11.3 Å². The highest BCUT2D eigenvalue weighted by molar-refractivity contribution is 7.09. The number of fused-ring (bicyclic) bond motifs is 2. The second kappa shape index (κ2) is 4.13. The van der Waals surface area contributed by atoms with Crippen LogP contribution in [0.2, 0.25) is 0 Å². The summed E-state index contributed by atoms with van der Waals surface area (Å²) in [7, 11) is 0. The average molecular weight is 236 g/mol. The molecule has 0 saturated heterocycles. The Hall–Kier alpha value is -0.380. The Labute approximate surface area is 101 Å². The van der Waals surface area contributed by atoms with Crippen LogP contribution in [0, 0.1) is 11.8 Å². The van der Waals surface area contributed by atoms with E-state index >= 15 is 0 Å². The van der Waals surface area contributed by atoms with Crippen LogP contribution in [0.15, 0.2) is 17.5 Å². The van der Waals surface area contributed by atoms with E-state index in [1.165, 1.54) is 30.6 Å². The lowest BCUT2D eigenvalue weighted by molar-refractivity contribution is 0.214. The van der Waals surface area contributed by atoms with Crippen LogP contribution in [0.25, 0.3) is 0 Å². The van der Waals surface area contributed by atoms with Gasteiger partial charge in [0.1, 0.15) is 0 Å². The largest absolute Gasteiger partial charge is 0.329 e. The quantitative estimate of drug-likeness (QED) is 0.842. The van der Waals surface area contributed by atoms with Gasteiger partial charge in [0.15, 0.2) is 0 Å². The molecule has 0 amide bonds. The molecule has 16 heavy (non-hydrogen) atoms. The molecular formula is C13H20N2S. The Morgan fingerprint density at radius 1 is 1.50 bits per heavy atom. The lowest BCUT2D eigenvalue weighted by Crippen LogP contribution is -2.54. The average Bonchev–Trinajstić information content (AvgIpc) is 3.02. The van der Waals surface area contributed by atoms with Crippen molar-refractivity contribution in [2.24, 2.45) is 17.6 Å². The van der Waals surface area contributed by atoms with E-state index in [1.807, 2.05) is 11.3 Å². The minimum Gasteiger partial charge on any atom is -0.329 e. The van der Waals surface area contributed by atoms with Crippen molar-refractivity contribution in [1.29, 1.82) is 0 Å². The maximum Gasteiger partial charge on any atom is 0.0338 e. The van der Waals surface area contributed by atoms with Gasteiger partial charge in [0.25, 0.3) is 0 Å². The summed E-state index contributed by atoms with van der Waals surface area (Å²) in [6, 6.07) is 4.33. The molecule has 2 aliphatic carbocycles. The van der Waals surface area contributed by atoms with Crippen molar-refractivity contribution in [2.75, 3.05) is 6.54 Å². The topological polar surface area (TPSA) is 38.0 Å². The Balaban J connectivity index is 1.67. The summed E-state index contributed by atoms with van der Waals surface area (Å²) >= 11 is 1.83. The first-order valence-electron chi connectivity index (χ1n) is 6.30. The van der Waals surface area contributed by atoms with Crippen molar-refractivity contribution in [2.45, 2.75) is 37.8 Å². The zero-order chi connectivity index (χ0) is 11.0. The van der Waals surface area contributed by atoms with Gasteiger partial charge in [0.2, 0.25) is 0 Å². The van der Waals surface area contributed by atoms with E-state index in [9.17, 15) is 0 Å². The molecule has 2 bridgehead atoms. The number of hydrogen-bond acceptors (Lipinski definition) is 3. The molecule has 3 heteroatoms. The van der Waals surface area contributed by atoms with Crippen molar-refractivity contribution in [1.82, 2.24) is 5.32 Å². The third kappa shape index (κ3) is 1.71. The normalized spacial score (nSPS) is 37.1. The summed E-state index contributed by atoms with van der Waals surface area (Å²) in [5.41, 5.74) is 6.29. The summed E-state index contributed by atoms with van der Waals surface area (Å²) in [5.74, 6) is 1.78. The van der Waals surface area contributed by atoms with Gasteiger partial charge in [-0.25, -0.2) is 0 Å². The van der Waals surface area contributed by atoms with E-state index in [2.05, 4.69) is 22.8 Å². The summed E-state index contributed by atoms with van der Waals surface area (Å²) in [6.45, 7) is 1.80. The van der Waals surface area contributed by atoms with Gasteiger partial charge in [-0.1, -0.05) is 12.5 Å². The predicted molar refractivity (Wildman–Crippen MR) is 68.4 cm³/mol. The first-order chi connectivity index (χ1) is 7.82. The number of nitrogens with one attached hydrogen (secondary N) is 1.